The van der Waals surface area contributed by atoms with Crippen LogP contribution in [-0.2, 0) is 0 Å². The molecule has 0 atom stereocenters. The van der Waals surface area contributed by atoms with Gasteiger partial charge in [0.1, 0.15) is 0 Å². The van der Waals surface area contributed by atoms with Gasteiger partial charge in [-0.2, -0.15) is 0 Å². The first-order valence-corrected chi connectivity index (χ1v) is 6.80. The quantitative estimate of drug-likeness (QED) is 0.797. The van der Waals surface area contributed by atoms with Crippen molar-refractivity contribution in [1.82, 2.24) is 9.80 Å². The van der Waals surface area contributed by atoms with Crippen LogP contribution >= 0.6 is 12.2 Å². The van der Waals surface area contributed by atoms with Crippen LogP contribution in [0.5, 0.6) is 0 Å². The maximum Gasteiger partial charge on any atom is 0.173 e. The van der Waals surface area contributed by atoms with Gasteiger partial charge in [0.25, 0.3) is 0 Å². The minimum absolute atomic E-state index is 0.810. The first kappa shape index (κ1) is 14.9. The Morgan fingerprint density at radius 1 is 1.11 bits per heavy atom. The van der Waals surface area contributed by atoms with E-state index < -0.39 is 0 Å². The molecular weight excluding hydrogens is 242 g/mol. The molecule has 0 aliphatic carbocycles. The molecule has 0 bridgehead atoms. The third-order valence-corrected chi connectivity index (χ3v) is 2.98. The zero-order valence-corrected chi connectivity index (χ0v) is 12.3. The van der Waals surface area contributed by atoms with Crippen molar-refractivity contribution in [2.45, 2.75) is 13.3 Å². The zero-order chi connectivity index (χ0) is 13.4. The average Bonchev–Trinajstić information content (AvgIpc) is 2.35. The lowest BCUT2D eigenvalue weighted by atomic mass is 10.3. The number of rotatable bonds is 6. The molecule has 0 amide bonds. The van der Waals surface area contributed by atoms with Gasteiger partial charge in [-0.15, -0.1) is 0 Å². The van der Waals surface area contributed by atoms with Gasteiger partial charge in [0.2, 0.25) is 0 Å². The second-order valence-corrected chi connectivity index (χ2v) is 4.97. The number of para-hydroxylation sites is 1. The van der Waals surface area contributed by atoms with Crippen molar-refractivity contribution >= 4 is 23.0 Å². The van der Waals surface area contributed by atoms with Gasteiger partial charge in [-0.3, -0.25) is 0 Å². The topological polar surface area (TPSA) is 18.5 Å². The fourth-order valence-electron chi connectivity index (χ4n) is 1.63. The van der Waals surface area contributed by atoms with Crippen molar-refractivity contribution in [3.8, 4) is 0 Å². The van der Waals surface area contributed by atoms with Gasteiger partial charge >= 0.3 is 0 Å². The maximum atomic E-state index is 5.47. The van der Waals surface area contributed by atoms with Crippen molar-refractivity contribution in [2.24, 2.45) is 0 Å². The number of nitrogens with zero attached hydrogens (tertiary/aromatic N) is 2. The van der Waals surface area contributed by atoms with Gasteiger partial charge in [0, 0.05) is 25.3 Å². The molecule has 0 heterocycles. The van der Waals surface area contributed by atoms with Crippen LogP contribution in [0.4, 0.5) is 5.69 Å². The van der Waals surface area contributed by atoms with Crippen LogP contribution in [0.1, 0.15) is 13.3 Å². The third kappa shape index (κ3) is 5.47. The van der Waals surface area contributed by atoms with E-state index in [9.17, 15) is 0 Å². The Balaban J connectivity index is 2.53. The number of anilines is 1. The van der Waals surface area contributed by atoms with E-state index in [1.54, 1.807) is 0 Å². The minimum atomic E-state index is 0.810. The SMILES string of the molecule is CCCN(CCN(C)C)C(=S)Nc1ccccc1. The second kappa shape index (κ2) is 8.06. The van der Waals surface area contributed by atoms with E-state index in [0.29, 0.717) is 0 Å². The summed E-state index contributed by atoms with van der Waals surface area (Å²) in [7, 11) is 4.16. The number of benzene rings is 1. The number of hydrogen-bond donors (Lipinski definition) is 1. The molecule has 1 aromatic rings. The molecule has 1 N–H and O–H groups in total. The lowest BCUT2D eigenvalue weighted by Gasteiger charge is -2.26. The third-order valence-electron chi connectivity index (χ3n) is 2.62. The Morgan fingerprint density at radius 3 is 2.33 bits per heavy atom. The molecule has 0 aliphatic rings. The molecule has 100 valence electrons. The molecule has 0 fully saturated rings. The van der Waals surface area contributed by atoms with Crippen LogP contribution in [0.2, 0.25) is 0 Å². The van der Waals surface area contributed by atoms with Crippen LogP contribution in [0, 0.1) is 0 Å². The van der Waals surface area contributed by atoms with Gasteiger partial charge < -0.3 is 15.1 Å². The lowest BCUT2D eigenvalue weighted by molar-refractivity contribution is 0.332. The molecule has 0 saturated carbocycles. The molecule has 0 saturated heterocycles. The molecule has 0 spiro atoms. The molecular formula is C14H23N3S. The highest BCUT2D eigenvalue weighted by molar-refractivity contribution is 7.80. The first-order chi connectivity index (χ1) is 8.63. The molecule has 18 heavy (non-hydrogen) atoms. The predicted molar refractivity (Wildman–Crippen MR) is 83.1 cm³/mol. The van der Waals surface area contributed by atoms with Crippen molar-refractivity contribution in [3.05, 3.63) is 30.3 Å². The van der Waals surface area contributed by atoms with Gasteiger partial charge in [-0.05, 0) is 44.9 Å². The summed E-state index contributed by atoms with van der Waals surface area (Å²) in [6.07, 6.45) is 1.10. The largest absolute Gasteiger partial charge is 0.348 e. The Labute approximate surface area is 116 Å². The molecule has 0 aromatic heterocycles. The van der Waals surface area contributed by atoms with Crippen LogP contribution < -0.4 is 5.32 Å². The molecule has 0 radical (unpaired) electrons. The van der Waals surface area contributed by atoms with E-state index in [2.05, 4.69) is 36.1 Å². The molecule has 1 aromatic carbocycles. The molecule has 0 aliphatic heterocycles. The summed E-state index contributed by atoms with van der Waals surface area (Å²) in [6.45, 7) is 5.14. The summed E-state index contributed by atoms with van der Waals surface area (Å²) in [5.41, 5.74) is 1.05. The Kier molecular flexibility index (Phi) is 6.68. The highest BCUT2D eigenvalue weighted by Gasteiger charge is 2.08. The van der Waals surface area contributed by atoms with Crippen LogP contribution in [-0.4, -0.2) is 48.6 Å². The van der Waals surface area contributed by atoms with Crippen LogP contribution in [0.15, 0.2) is 30.3 Å². The first-order valence-electron chi connectivity index (χ1n) is 6.39. The summed E-state index contributed by atoms with van der Waals surface area (Å²) in [6, 6.07) is 10.1. The summed E-state index contributed by atoms with van der Waals surface area (Å²) in [4.78, 5) is 4.40. The zero-order valence-electron chi connectivity index (χ0n) is 11.5. The second-order valence-electron chi connectivity index (χ2n) is 4.59. The van der Waals surface area contributed by atoms with Crippen molar-refractivity contribution in [1.29, 1.82) is 0 Å². The van der Waals surface area contributed by atoms with E-state index in [1.165, 1.54) is 0 Å². The fourth-order valence-corrected chi connectivity index (χ4v) is 1.93. The normalized spacial score (nSPS) is 10.4. The smallest absolute Gasteiger partial charge is 0.173 e. The highest BCUT2D eigenvalue weighted by Crippen LogP contribution is 2.07. The van der Waals surface area contributed by atoms with Crippen LogP contribution in [0.3, 0.4) is 0 Å². The Bertz CT molecular complexity index is 351. The molecule has 3 nitrogen and oxygen atoms in total. The van der Waals surface area contributed by atoms with Gasteiger partial charge in [-0.25, -0.2) is 0 Å². The molecule has 4 heteroatoms. The molecule has 1 rings (SSSR count). The highest BCUT2D eigenvalue weighted by atomic mass is 32.1. The standard InChI is InChI=1S/C14H23N3S/c1-4-10-17(12-11-16(2)3)14(18)15-13-8-6-5-7-9-13/h5-9H,4,10-12H2,1-3H3,(H,15,18). The van der Waals surface area contributed by atoms with Gasteiger partial charge in [0.15, 0.2) is 5.11 Å². The van der Waals surface area contributed by atoms with Crippen molar-refractivity contribution in [2.75, 3.05) is 39.0 Å². The summed E-state index contributed by atoms with van der Waals surface area (Å²) >= 11 is 5.47. The average molecular weight is 265 g/mol. The monoisotopic (exact) mass is 265 g/mol. The fraction of sp³-hybridized carbons (Fsp3) is 0.500. The number of nitrogens with one attached hydrogen (secondary N) is 1. The van der Waals surface area contributed by atoms with Gasteiger partial charge in [0.05, 0.1) is 0 Å². The summed E-state index contributed by atoms with van der Waals surface area (Å²) in [5.74, 6) is 0. The Morgan fingerprint density at radius 2 is 1.78 bits per heavy atom. The van der Waals surface area contributed by atoms with E-state index in [1.807, 2.05) is 30.3 Å². The molecule has 0 unspecified atom stereocenters. The maximum absolute atomic E-state index is 5.47. The Hall–Kier alpha value is -1.13. The number of thiocarbonyl (C=S) groups is 1. The van der Waals surface area contributed by atoms with Crippen molar-refractivity contribution in [3.63, 3.8) is 0 Å². The predicted octanol–water partition coefficient (Wildman–Crippen LogP) is 2.66. The van der Waals surface area contributed by atoms with Crippen molar-refractivity contribution < 1.29 is 0 Å². The number of hydrogen-bond acceptors (Lipinski definition) is 2. The summed E-state index contributed by atoms with van der Waals surface area (Å²) < 4.78 is 0. The van der Waals surface area contributed by atoms with E-state index in [-0.39, 0.29) is 0 Å². The van der Waals surface area contributed by atoms with E-state index >= 15 is 0 Å². The van der Waals surface area contributed by atoms with Gasteiger partial charge in [-0.1, -0.05) is 25.1 Å². The van der Waals surface area contributed by atoms with E-state index in [0.717, 1.165) is 36.9 Å². The summed E-state index contributed by atoms with van der Waals surface area (Å²) in [5, 5.41) is 4.10. The minimum Gasteiger partial charge on any atom is -0.348 e. The number of likely N-dealkylation sites (N-methyl/N-ethyl adjacent to an activating group) is 1. The van der Waals surface area contributed by atoms with E-state index in [4.69, 9.17) is 12.2 Å². The van der Waals surface area contributed by atoms with Crippen LogP contribution in [0.25, 0.3) is 0 Å². The lowest BCUT2D eigenvalue weighted by Crippen LogP contribution is -2.39.